The molecule has 2 fully saturated rings. The molecule has 3 rings (SSSR count). The highest BCUT2D eigenvalue weighted by atomic mass is 16.5. The summed E-state index contributed by atoms with van der Waals surface area (Å²) in [4.78, 5) is 7.10. The summed E-state index contributed by atoms with van der Waals surface area (Å²) in [5.74, 6) is 2.99. The molecule has 118 valence electrons. The minimum Gasteiger partial charge on any atom is -0.339 e. The van der Waals surface area contributed by atoms with Crippen LogP contribution in [0.25, 0.3) is 0 Å². The van der Waals surface area contributed by atoms with Crippen molar-refractivity contribution in [1.29, 1.82) is 0 Å². The Morgan fingerprint density at radius 3 is 2.90 bits per heavy atom. The standard InChI is InChI=1S/C16H28N4O/c1-12(2)9-17-10-14-5-3-4-8-20(14)11-15-18-16(21-19-15)13-6-7-13/h12-14,17H,3-11H2,1-2H3. The molecule has 1 unspecified atom stereocenters. The lowest BCUT2D eigenvalue weighted by Gasteiger charge is -2.35. The van der Waals surface area contributed by atoms with Crippen LogP contribution in [0.2, 0.25) is 0 Å². The molecule has 2 heterocycles. The fraction of sp³-hybridized carbons (Fsp3) is 0.875. The average molecular weight is 292 g/mol. The van der Waals surface area contributed by atoms with Gasteiger partial charge in [-0.25, -0.2) is 0 Å². The van der Waals surface area contributed by atoms with E-state index >= 15 is 0 Å². The zero-order valence-electron chi connectivity index (χ0n) is 13.3. The van der Waals surface area contributed by atoms with Gasteiger partial charge in [0, 0.05) is 18.5 Å². The average Bonchev–Trinajstić information content (AvgIpc) is 3.21. The fourth-order valence-electron chi connectivity index (χ4n) is 3.05. The highest BCUT2D eigenvalue weighted by molar-refractivity contribution is 5.02. The summed E-state index contributed by atoms with van der Waals surface area (Å²) in [6, 6.07) is 0.611. The number of rotatable bonds is 7. The van der Waals surface area contributed by atoms with Crippen LogP contribution in [0.1, 0.15) is 63.6 Å². The first kappa shape index (κ1) is 15.0. The third-order valence-electron chi connectivity index (χ3n) is 4.44. The molecule has 1 aliphatic carbocycles. The Kier molecular flexibility index (Phi) is 4.91. The molecule has 0 radical (unpaired) electrons. The predicted molar refractivity (Wildman–Crippen MR) is 82.0 cm³/mol. The molecule has 1 aliphatic heterocycles. The Morgan fingerprint density at radius 2 is 2.14 bits per heavy atom. The first-order chi connectivity index (χ1) is 10.2. The van der Waals surface area contributed by atoms with Gasteiger partial charge in [-0.1, -0.05) is 25.4 Å². The van der Waals surface area contributed by atoms with Gasteiger partial charge in [-0.3, -0.25) is 4.90 Å². The SMILES string of the molecule is CC(C)CNCC1CCCCN1Cc1noc(C2CC2)n1. The molecule has 1 N–H and O–H groups in total. The zero-order chi connectivity index (χ0) is 14.7. The van der Waals surface area contributed by atoms with Crippen LogP contribution in [-0.2, 0) is 6.54 Å². The van der Waals surface area contributed by atoms with Gasteiger partial charge in [0.05, 0.1) is 6.54 Å². The van der Waals surface area contributed by atoms with E-state index in [0.717, 1.165) is 37.9 Å². The molecule has 0 aromatic carbocycles. The maximum atomic E-state index is 5.37. The molecule has 1 saturated carbocycles. The van der Waals surface area contributed by atoms with Crippen LogP contribution >= 0.6 is 0 Å². The Morgan fingerprint density at radius 1 is 1.29 bits per heavy atom. The van der Waals surface area contributed by atoms with E-state index in [0.29, 0.717) is 17.9 Å². The number of piperidine rings is 1. The van der Waals surface area contributed by atoms with Gasteiger partial charge >= 0.3 is 0 Å². The molecule has 1 aromatic rings. The van der Waals surface area contributed by atoms with Gasteiger partial charge < -0.3 is 9.84 Å². The van der Waals surface area contributed by atoms with Gasteiger partial charge in [-0.05, 0) is 44.7 Å². The molecule has 1 saturated heterocycles. The van der Waals surface area contributed by atoms with Crippen LogP contribution in [0.5, 0.6) is 0 Å². The third-order valence-corrected chi connectivity index (χ3v) is 4.44. The van der Waals surface area contributed by atoms with Gasteiger partial charge in [0.25, 0.3) is 0 Å². The maximum Gasteiger partial charge on any atom is 0.229 e. The Bertz CT molecular complexity index is 441. The van der Waals surface area contributed by atoms with E-state index in [-0.39, 0.29) is 0 Å². The number of hydrogen-bond donors (Lipinski definition) is 1. The second-order valence-corrected chi connectivity index (χ2v) is 7.00. The summed E-state index contributed by atoms with van der Waals surface area (Å²) in [6.45, 7) is 8.67. The van der Waals surface area contributed by atoms with Gasteiger partial charge in [0.2, 0.25) is 5.89 Å². The van der Waals surface area contributed by atoms with E-state index in [1.807, 2.05) is 0 Å². The van der Waals surface area contributed by atoms with Crippen molar-refractivity contribution in [2.24, 2.45) is 5.92 Å². The monoisotopic (exact) mass is 292 g/mol. The second kappa shape index (κ2) is 6.88. The van der Waals surface area contributed by atoms with E-state index in [1.165, 1.54) is 32.1 Å². The van der Waals surface area contributed by atoms with Crippen molar-refractivity contribution in [2.75, 3.05) is 19.6 Å². The molecular weight excluding hydrogens is 264 g/mol. The van der Waals surface area contributed by atoms with Crippen LogP contribution in [0.4, 0.5) is 0 Å². The molecular formula is C16H28N4O. The minimum atomic E-state index is 0.552. The Balaban J connectivity index is 1.52. The third kappa shape index (κ3) is 4.27. The Labute approximate surface area is 127 Å². The largest absolute Gasteiger partial charge is 0.339 e. The van der Waals surface area contributed by atoms with E-state index in [9.17, 15) is 0 Å². The number of aromatic nitrogens is 2. The van der Waals surface area contributed by atoms with E-state index in [1.54, 1.807) is 0 Å². The first-order valence-corrected chi connectivity index (χ1v) is 8.49. The molecule has 21 heavy (non-hydrogen) atoms. The van der Waals surface area contributed by atoms with Gasteiger partial charge in [0.1, 0.15) is 0 Å². The molecule has 1 aromatic heterocycles. The summed E-state index contributed by atoms with van der Waals surface area (Å²) in [5, 5.41) is 7.76. The molecule has 0 bridgehead atoms. The lowest BCUT2D eigenvalue weighted by atomic mass is 10.0. The van der Waals surface area contributed by atoms with Gasteiger partial charge in [-0.15, -0.1) is 0 Å². The van der Waals surface area contributed by atoms with Crippen molar-refractivity contribution in [3.63, 3.8) is 0 Å². The molecule has 2 aliphatic rings. The van der Waals surface area contributed by atoms with Crippen molar-refractivity contribution < 1.29 is 4.52 Å². The molecule has 5 nitrogen and oxygen atoms in total. The molecule has 0 amide bonds. The van der Waals surface area contributed by atoms with Crippen LogP contribution < -0.4 is 5.32 Å². The van der Waals surface area contributed by atoms with Crippen LogP contribution in [-0.4, -0.2) is 40.7 Å². The Hall–Kier alpha value is -0.940. The summed E-state index contributed by atoms with van der Waals surface area (Å²) >= 11 is 0. The smallest absolute Gasteiger partial charge is 0.229 e. The van der Waals surface area contributed by atoms with Crippen LogP contribution in [0, 0.1) is 5.92 Å². The van der Waals surface area contributed by atoms with E-state index in [4.69, 9.17) is 4.52 Å². The summed E-state index contributed by atoms with van der Waals surface area (Å²) < 4.78 is 5.37. The number of nitrogens with zero attached hydrogens (tertiary/aromatic N) is 3. The highest BCUT2D eigenvalue weighted by Gasteiger charge is 2.30. The second-order valence-electron chi connectivity index (χ2n) is 7.00. The lowest BCUT2D eigenvalue weighted by Crippen LogP contribution is -2.45. The predicted octanol–water partition coefficient (Wildman–Crippen LogP) is 2.55. The molecule has 0 spiro atoms. The molecule has 5 heteroatoms. The van der Waals surface area contributed by atoms with Crippen molar-refractivity contribution in [3.8, 4) is 0 Å². The first-order valence-electron chi connectivity index (χ1n) is 8.49. The number of hydrogen-bond acceptors (Lipinski definition) is 5. The zero-order valence-corrected chi connectivity index (χ0v) is 13.3. The lowest BCUT2D eigenvalue weighted by molar-refractivity contribution is 0.132. The quantitative estimate of drug-likeness (QED) is 0.837. The molecule has 1 atom stereocenters. The number of nitrogens with one attached hydrogen (secondary N) is 1. The van der Waals surface area contributed by atoms with Crippen molar-refractivity contribution in [2.45, 2.75) is 64.5 Å². The topological polar surface area (TPSA) is 54.2 Å². The summed E-state index contributed by atoms with van der Waals surface area (Å²) in [5.41, 5.74) is 0. The van der Waals surface area contributed by atoms with E-state index in [2.05, 4.69) is 34.2 Å². The maximum absolute atomic E-state index is 5.37. The van der Waals surface area contributed by atoms with Gasteiger partial charge in [0.15, 0.2) is 5.82 Å². The number of likely N-dealkylation sites (tertiary alicyclic amines) is 1. The normalized spacial score (nSPS) is 23.9. The van der Waals surface area contributed by atoms with Crippen LogP contribution in [0.15, 0.2) is 4.52 Å². The van der Waals surface area contributed by atoms with Crippen LogP contribution in [0.3, 0.4) is 0 Å². The summed E-state index contributed by atoms with van der Waals surface area (Å²) in [7, 11) is 0. The van der Waals surface area contributed by atoms with E-state index < -0.39 is 0 Å². The van der Waals surface area contributed by atoms with Crippen molar-refractivity contribution in [3.05, 3.63) is 11.7 Å². The fourth-order valence-corrected chi connectivity index (χ4v) is 3.05. The van der Waals surface area contributed by atoms with Gasteiger partial charge in [-0.2, -0.15) is 4.98 Å². The summed E-state index contributed by atoms with van der Waals surface area (Å²) in [6.07, 6.45) is 6.33. The minimum absolute atomic E-state index is 0.552. The highest BCUT2D eigenvalue weighted by Crippen LogP contribution is 2.38. The van der Waals surface area contributed by atoms with Crippen molar-refractivity contribution in [1.82, 2.24) is 20.4 Å². The van der Waals surface area contributed by atoms with Crippen molar-refractivity contribution >= 4 is 0 Å².